The molecule has 0 bridgehead atoms. The smallest absolute Gasteiger partial charge is 0.329 e. The number of hydrogen-bond acceptors (Lipinski definition) is 5. The van der Waals surface area contributed by atoms with E-state index in [9.17, 15) is 19.2 Å². The summed E-state index contributed by atoms with van der Waals surface area (Å²) in [7, 11) is 0. The van der Waals surface area contributed by atoms with Gasteiger partial charge in [0.25, 0.3) is 17.7 Å². The minimum absolute atomic E-state index is 0.0248. The molecule has 1 atom stereocenters. The molecule has 3 amide bonds. The summed E-state index contributed by atoms with van der Waals surface area (Å²) in [6, 6.07) is 13.0. The van der Waals surface area contributed by atoms with Gasteiger partial charge in [0.1, 0.15) is 6.04 Å². The Morgan fingerprint density at radius 2 is 1.55 bits per heavy atom. The molecule has 31 heavy (non-hydrogen) atoms. The van der Waals surface area contributed by atoms with E-state index in [4.69, 9.17) is 4.74 Å². The third-order valence-corrected chi connectivity index (χ3v) is 5.19. The standard InChI is InChI=1S/C24H26N2O5/c1-15(2)12-20(26-22(28)18-10-6-7-11-19(18)23(26)29)24(30)31-14-21(27)25-13-17-9-5-4-8-16(17)3/h4-11,15,20H,12-14H2,1-3H3,(H,25,27). The molecule has 0 fully saturated rings. The zero-order chi connectivity index (χ0) is 22.5. The lowest BCUT2D eigenvalue weighted by Crippen LogP contribution is -2.47. The van der Waals surface area contributed by atoms with Gasteiger partial charge in [0, 0.05) is 6.54 Å². The van der Waals surface area contributed by atoms with Crippen molar-refractivity contribution in [2.45, 2.75) is 39.8 Å². The number of rotatable bonds is 8. The number of amides is 3. The number of carbonyl (C=O) groups is 4. The van der Waals surface area contributed by atoms with Crippen molar-refractivity contribution in [3.8, 4) is 0 Å². The van der Waals surface area contributed by atoms with Gasteiger partial charge in [-0.3, -0.25) is 19.3 Å². The van der Waals surface area contributed by atoms with Crippen LogP contribution in [0.5, 0.6) is 0 Å². The van der Waals surface area contributed by atoms with Gasteiger partial charge < -0.3 is 10.1 Å². The maximum Gasteiger partial charge on any atom is 0.329 e. The molecule has 0 saturated heterocycles. The predicted molar refractivity (Wildman–Crippen MR) is 114 cm³/mol. The molecule has 7 heteroatoms. The van der Waals surface area contributed by atoms with Crippen LogP contribution in [0.4, 0.5) is 0 Å². The second kappa shape index (κ2) is 9.55. The number of esters is 1. The number of hydrogen-bond donors (Lipinski definition) is 1. The lowest BCUT2D eigenvalue weighted by atomic mass is 10.0. The zero-order valence-corrected chi connectivity index (χ0v) is 17.9. The van der Waals surface area contributed by atoms with Crippen molar-refractivity contribution in [1.29, 1.82) is 0 Å². The molecule has 2 aromatic carbocycles. The van der Waals surface area contributed by atoms with Crippen molar-refractivity contribution in [2.24, 2.45) is 5.92 Å². The molecule has 0 aromatic heterocycles. The fourth-order valence-electron chi connectivity index (χ4n) is 3.53. The number of carbonyl (C=O) groups excluding carboxylic acids is 4. The van der Waals surface area contributed by atoms with Crippen LogP contribution in [0.3, 0.4) is 0 Å². The van der Waals surface area contributed by atoms with Crippen LogP contribution in [0.25, 0.3) is 0 Å². The first-order chi connectivity index (χ1) is 14.8. The van der Waals surface area contributed by atoms with Gasteiger partial charge >= 0.3 is 5.97 Å². The van der Waals surface area contributed by atoms with E-state index in [-0.39, 0.29) is 23.5 Å². The average Bonchev–Trinajstić information content (AvgIpc) is 3.00. The van der Waals surface area contributed by atoms with E-state index in [1.54, 1.807) is 24.3 Å². The van der Waals surface area contributed by atoms with Crippen molar-refractivity contribution in [3.05, 3.63) is 70.8 Å². The van der Waals surface area contributed by atoms with E-state index in [0.717, 1.165) is 16.0 Å². The molecule has 0 spiro atoms. The molecule has 0 aliphatic carbocycles. The first-order valence-electron chi connectivity index (χ1n) is 10.2. The molecule has 162 valence electrons. The zero-order valence-electron chi connectivity index (χ0n) is 17.9. The second-order valence-corrected chi connectivity index (χ2v) is 7.98. The normalized spacial score (nSPS) is 13.9. The van der Waals surface area contributed by atoms with Crippen LogP contribution < -0.4 is 5.32 Å². The first-order valence-corrected chi connectivity index (χ1v) is 10.2. The van der Waals surface area contributed by atoms with Crippen molar-refractivity contribution >= 4 is 23.7 Å². The summed E-state index contributed by atoms with van der Waals surface area (Å²) in [6.07, 6.45) is 0.245. The van der Waals surface area contributed by atoms with Crippen LogP contribution in [-0.2, 0) is 20.9 Å². The highest BCUT2D eigenvalue weighted by Crippen LogP contribution is 2.27. The summed E-state index contributed by atoms with van der Waals surface area (Å²) < 4.78 is 5.20. The monoisotopic (exact) mass is 422 g/mol. The minimum atomic E-state index is -1.09. The molecule has 0 saturated carbocycles. The van der Waals surface area contributed by atoms with Crippen molar-refractivity contribution < 1.29 is 23.9 Å². The molecule has 0 radical (unpaired) electrons. The van der Waals surface area contributed by atoms with Gasteiger partial charge in [0.2, 0.25) is 0 Å². The number of imide groups is 1. The third kappa shape index (κ3) is 4.99. The SMILES string of the molecule is Cc1ccccc1CNC(=O)COC(=O)C(CC(C)C)N1C(=O)c2ccccc2C1=O. The van der Waals surface area contributed by atoms with Crippen molar-refractivity contribution in [3.63, 3.8) is 0 Å². The van der Waals surface area contributed by atoms with E-state index in [2.05, 4.69) is 5.32 Å². The topological polar surface area (TPSA) is 92.8 Å². The van der Waals surface area contributed by atoms with Gasteiger partial charge in [-0.2, -0.15) is 0 Å². The lowest BCUT2D eigenvalue weighted by molar-refractivity contribution is -0.152. The van der Waals surface area contributed by atoms with Crippen molar-refractivity contribution in [1.82, 2.24) is 10.2 Å². The fourth-order valence-corrected chi connectivity index (χ4v) is 3.53. The Labute approximate surface area is 181 Å². The van der Waals surface area contributed by atoms with Crippen LogP contribution in [0.1, 0.15) is 52.1 Å². The molecule has 1 N–H and O–H groups in total. The predicted octanol–water partition coefficient (Wildman–Crippen LogP) is 2.87. The Morgan fingerprint density at radius 1 is 0.968 bits per heavy atom. The second-order valence-electron chi connectivity index (χ2n) is 7.98. The maximum absolute atomic E-state index is 12.8. The first kappa shape index (κ1) is 22.2. The summed E-state index contributed by atoms with van der Waals surface area (Å²) in [6.45, 7) is 5.54. The van der Waals surface area contributed by atoms with Crippen LogP contribution in [0.15, 0.2) is 48.5 Å². The van der Waals surface area contributed by atoms with Crippen LogP contribution in [0, 0.1) is 12.8 Å². The molecule has 1 unspecified atom stereocenters. The summed E-state index contributed by atoms with van der Waals surface area (Å²) in [5, 5.41) is 2.71. The average molecular weight is 422 g/mol. The van der Waals surface area contributed by atoms with Gasteiger partial charge in [-0.15, -0.1) is 0 Å². The fraction of sp³-hybridized carbons (Fsp3) is 0.333. The molecule has 7 nitrogen and oxygen atoms in total. The summed E-state index contributed by atoms with van der Waals surface area (Å²) >= 11 is 0. The van der Waals surface area contributed by atoms with E-state index >= 15 is 0 Å². The Kier molecular flexibility index (Phi) is 6.84. The van der Waals surface area contributed by atoms with Gasteiger partial charge in [0.05, 0.1) is 11.1 Å². The Bertz CT molecular complexity index is 980. The third-order valence-electron chi connectivity index (χ3n) is 5.19. The number of aryl methyl sites for hydroxylation is 1. The van der Waals surface area contributed by atoms with Crippen LogP contribution in [-0.4, -0.2) is 41.2 Å². The highest BCUT2D eigenvalue weighted by molar-refractivity contribution is 6.22. The number of fused-ring (bicyclic) bond motifs is 1. The number of ether oxygens (including phenoxy) is 1. The quantitative estimate of drug-likeness (QED) is 0.522. The van der Waals surface area contributed by atoms with E-state index in [1.807, 2.05) is 45.0 Å². The van der Waals surface area contributed by atoms with E-state index in [1.165, 1.54) is 0 Å². The van der Waals surface area contributed by atoms with Gasteiger partial charge in [-0.25, -0.2) is 4.79 Å². The molecule has 1 aliphatic rings. The Morgan fingerprint density at radius 3 is 2.13 bits per heavy atom. The Balaban J connectivity index is 1.64. The molecule has 1 aliphatic heterocycles. The van der Waals surface area contributed by atoms with Gasteiger partial charge in [0.15, 0.2) is 6.61 Å². The highest BCUT2D eigenvalue weighted by Gasteiger charge is 2.43. The largest absolute Gasteiger partial charge is 0.454 e. The molecular weight excluding hydrogens is 396 g/mol. The summed E-state index contributed by atoms with van der Waals surface area (Å²) in [5.74, 6) is -2.24. The number of benzene rings is 2. The molecule has 2 aromatic rings. The molecular formula is C24H26N2O5. The Hall–Kier alpha value is -3.48. The lowest BCUT2D eigenvalue weighted by Gasteiger charge is -2.25. The minimum Gasteiger partial charge on any atom is -0.454 e. The van der Waals surface area contributed by atoms with Crippen molar-refractivity contribution in [2.75, 3.05) is 6.61 Å². The van der Waals surface area contributed by atoms with Gasteiger partial charge in [-0.05, 0) is 42.5 Å². The number of nitrogens with one attached hydrogen (secondary N) is 1. The van der Waals surface area contributed by atoms with E-state index < -0.39 is 36.3 Å². The molecule has 3 rings (SSSR count). The summed E-state index contributed by atoms with van der Waals surface area (Å²) in [4.78, 5) is 51.5. The number of nitrogens with zero attached hydrogens (tertiary/aromatic N) is 1. The summed E-state index contributed by atoms with van der Waals surface area (Å²) in [5.41, 5.74) is 2.54. The highest BCUT2D eigenvalue weighted by atomic mass is 16.5. The van der Waals surface area contributed by atoms with Gasteiger partial charge in [-0.1, -0.05) is 50.2 Å². The maximum atomic E-state index is 12.8. The van der Waals surface area contributed by atoms with Crippen LogP contribution in [0.2, 0.25) is 0 Å². The molecule has 1 heterocycles. The van der Waals surface area contributed by atoms with Crippen LogP contribution >= 0.6 is 0 Å². The van der Waals surface area contributed by atoms with E-state index in [0.29, 0.717) is 6.54 Å².